The molecule has 4 radical (unpaired) electrons. The van der Waals surface area contributed by atoms with Crippen LogP contribution in [0.2, 0.25) is 0 Å². The second-order valence-electron chi connectivity index (χ2n) is 11.7. The third-order valence-electron chi connectivity index (χ3n) is 7.71. The standard InChI is InChI=1S/C18H17N2.C9H8N3.C7H5N4.C6H5N4S.4Ir/c1-13-11-14(2)17(15(3)12-13)20-10-9-19-18(20)16-7-5-4-6-8-16;1-12-6-5-11-9(12)8-3-2-4-10-7-8;1-3-10-11(5-1)7-2-4-8-6-9-7;1-10-4-7-9-6(10)5-2-8-11-3-5;;;;/h4-7,9-12H,1-3H3;2,4-7H,1H3;1,3-6H;3-4H,1H3;;;;/q4*-1;;;;. The van der Waals surface area contributed by atoms with Crippen molar-refractivity contribution < 1.29 is 80.4 Å². The van der Waals surface area contributed by atoms with Crippen LogP contribution in [0.1, 0.15) is 16.7 Å². The molecule has 0 saturated heterocycles. The normalized spacial score (nSPS) is 9.60. The maximum atomic E-state index is 4.50. The van der Waals surface area contributed by atoms with Crippen LogP contribution in [-0.2, 0) is 94.5 Å². The molecule has 0 N–H and O–H groups in total. The summed E-state index contributed by atoms with van der Waals surface area (Å²) >= 11 is 1.36. The number of benzene rings is 2. The first kappa shape index (κ1) is 49.8. The predicted molar refractivity (Wildman–Crippen MR) is 206 cm³/mol. The maximum absolute atomic E-state index is 4.50. The Bertz CT molecular complexity index is 2430. The van der Waals surface area contributed by atoms with Gasteiger partial charge in [0, 0.05) is 137 Å². The molecule has 7 aromatic heterocycles. The van der Waals surface area contributed by atoms with Crippen LogP contribution in [-0.4, -0.2) is 63.0 Å². The van der Waals surface area contributed by atoms with Gasteiger partial charge in [-0.25, -0.2) is 0 Å². The van der Waals surface area contributed by atoms with Gasteiger partial charge in [0.1, 0.15) is 12.7 Å². The van der Waals surface area contributed by atoms with E-state index in [9.17, 15) is 0 Å². The van der Waals surface area contributed by atoms with E-state index in [-0.39, 0.29) is 80.4 Å². The molecule has 2 aromatic carbocycles. The Morgan fingerprint density at radius 1 is 0.672 bits per heavy atom. The van der Waals surface area contributed by atoms with Gasteiger partial charge in [0.2, 0.25) is 0 Å². The molecule has 0 aliphatic heterocycles. The Hall–Kier alpha value is -4.33. The average molecular weight is 1500 g/mol. The summed E-state index contributed by atoms with van der Waals surface area (Å²) in [5.74, 6) is 3.28. The molecule has 0 fully saturated rings. The molecule has 0 aliphatic rings. The SMILES string of the molecule is Cc1cc(C)c(-n2ccnc2-c2[c-]cccc2)c(C)c1.Cn1ccnc1-c1[c-]ccnc1.Cn1cnnc1-c1[c-]nsc1.[Ir].[Ir].[Ir].[Ir].[c-]1cncnc1-n1cccn1. The summed E-state index contributed by atoms with van der Waals surface area (Å²) in [6, 6.07) is 25.1. The molecule has 0 bridgehead atoms. The van der Waals surface area contributed by atoms with Crippen molar-refractivity contribution in [2.45, 2.75) is 20.8 Å². The van der Waals surface area contributed by atoms with Gasteiger partial charge in [0.15, 0.2) is 0 Å². The predicted octanol–water partition coefficient (Wildman–Crippen LogP) is 6.74. The van der Waals surface area contributed by atoms with E-state index in [1.54, 1.807) is 54.3 Å². The van der Waals surface area contributed by atoms with Crippen molar-refractivity contribution in [2.75, 3.05) is 0 Å². The summed E-state index contributed by atoms with van der Waals surface area (Å²) in [6.07, 6.45) is 22.0. The molecule has 0 saturated carbocycles. The van der Waals surface area contributed by atoms with Crippen LogP contribution in [0, 0.1) is 45.2 Å². The fraction of sp³-hybridized carbons (Fsp3) is 0.125. The van der Waals surface area contributed by atoms with Crippen molar-refractivity contribution in [3.05, 3.63) is 163 Å². The van der Waals surface area contributed by atoms with Crippen LogP contribution in [0.5, 0.6) is 0 Å². The Labute approximate surface area is 395 Å². The van der Waals surface area contributed by atoms with Gasteiger partial charge in [-0.3, -0.25) is 29.0 Å². The van der Waals surface area contributed by atoms with E-state index in [2.05, 4.69) is 106 Å². The zero-order valence-corrected chi connectivity index (χ0v) is 42.0. The van der Waals surface area contributed by atoms with Crippen molar-refractivity contribution in [3.8, 4) is 45.7 Å². The second kappa shape index (κ2) is 25.2. The molecule has 9 aromatic rings. The van der Waals surface area contributed by atoms with Crippen molar-refractivity contribution in [1.29, 1.82) is 0 Å². The summed E-state index contributed by atoms with van der Waals surface area (Å²) in [4.78, 5) is 20.4. The Morgan fingerprint density at radius 2 is 1.43 bits per heavy atom. The Balaban J connectivity index is 0.000000270. The number of imidazole rings is 2. The number of aryl methyl sites for hydroxylation is 5. The summed E-state index contributed by atoms with van der Waals surface area (Å²) in [6.45, 7) is 6.42. The van der Waals surface area contributed by atoms with E-state index in [1.165, 1.54) is 40.2 Å². The molecule has 9 rings (SSSR count). The Kier molecular flexibility index (Phi) is 21.7. The molecular weight excluding hydrogens is 1460 g/mol. The number of nitrogens with zero attached hydrogens (tertiary/aromatic N) is 13. The number of pyridine rings is 1. The topological polar surface area (TPSA) is 136 Å². The molecule has 18 heteroatoms. The molecule has 0 aliphatic carbocycles. The van der Waals surface area contributed by atoms with Crippen LogP contribution < -0.4 is 0 Å². The molecule has 7 heterocycles. The van der Waals surface area contributed by atoms with E-state index in [1.807, 2.05) is 77.5 Å². The van der Waals surface area contributed by atoms with Crippen molar-refractivity contribution in [3.63, 3.8) is 0 Å². The second-order valence-corrected chi connectivity index (χ2v) is 12.3. The summed E-state index contributed by atoms with van der Waals surface area (Å²) in [5, 5.41) is 13.5. The van der Waals surface area contributed by atoms with Crippen molar-refractivity contribution in [1.82, 2.24) is 63.0 Å². The fourth-order valence-corrected chi connectivity index (χ4v) is 5.89. The number of hydrogen-bond donors (Lipinski definition) is 0. The third-order valence-corrected chi connectivity index (χ3v) is 8.25. The Morgan fingerprint density at radius 3 is 2.00 bits per heavy atom. The van der Waals surface area contributed by atoms with Gasteiger partial charge < -0.3 is 24.8 Å². The van der Waals surface area contributed by atoms with Gasteiger partial charge in [-0.2, -0.15) is 15.3 Å². The number of rotatable bonds is 5. The van der Waals surface area contributed by atoms with E-state index in [0.29, 0.717) is 5.82 Å². The molecule has 0 amide bonds. The van der Waals surface area contributed by atoms with E-state index >= 15 is 0 Å². The van der Waals surface area contributed by atoms with Crippen molar-refractivity contribution >= 4 is 11.5 Å². The summed E-state index contributed by atoms with van der Waals surface area (Å²) in [7, 11) is 3.84. The van der Waals surface area contributed by atoms with Gasteiger partial charge in [0.25, 0.3) is 0 Å². The van der Waals surface area contributed by atoms with E-state index in [0.717, 1.165) is 34.2 Å². The number of hydrogen-bond acceptors (Lipinski definition) is 10. The van der Waals surface area contributed by atoms with Gasteiger partial charge in [-0.1, -0.05) is 47.2 Å². The van der Waals surface area contributed by atoms with Crippen LogP contribution in [0.3, 0.4) is 0 Å². The van der Waals surface area contributed by atoms with E-state index in [4.69, 9.17) is 0 Å². The summed E-state index contributed by atoms with van der Waals surface area (Å²) < 4.78 is 11.4. The largest absolute Gasteiger partial charge is 0.406 e. The minimum absolute atomic E-state index is 0. The molecule has 0 unspecified atom stereocenters. The molecular formula is C40H35Ir4N13S-4. The zero-order chi connectivity index (χ0) is 37.7. The number of aromatic nitrogens is 13. The molecule has 58 heavy (non-hydrogen) atoms. The van der Waals surface area contributed by atoms with Gasteiger partial charge in [0.05, 0.1) is 17.5 Å². The smallest absolute Gasteiger partial charge is 0.110 e. The van der Waals surface area contributed by atoms with Crippen LogP contribution >= 0.6 is 11.5 Å². The minimum Gasteiger partial charge on any atom is -0.406 e. The fourth-order valence-electron chi connectivity index (χ4n) is 5.42. The van der Waals surface area contributed by atoms with Crippen LogP contribution in [0.25, 0.3) is 45.7 Å². The molecule has 0 spiro atoms. The van der Waals surface area contributed by atoms with Crippen LogP contribution in [0.4, 0.5) is 0 Å². The first-order valence-electron chi connectivity index (χ1n) is 16.6. The molecule has 13 nitrogen and oxygen atoms in total. The zero-order valence-electron chi connectivity index (χ0n) is 31.6. The van der Waals surface area contributed by atoms with Crippen molar-refractivity contribution in [2.24, 2.45) is 14.1 Å². The van der Waals surface area contributed by atoms with E-state index < -0.39 is 0 Å². The first-order valence-corrected chi connectivity index (χ1v) is 17.4. The maximum Gasteiger partial charge on any atom is 0.110 e. The van der Waals surface area contributed by atoms with Crippen LogP contribution in [0.15, 0.2) is 122 Å². The van der Waals surface area contributed by atoms with Gasteiger partial charge in [-0.15, -0.1) is 71.3 Å². The third kappa shape index (κ3) is 13.4. The van der Waals surface area contributed by atoms with Gasteiger partial charge >= 0.3 is 0 Å². The first-order chi connectivity index (χ1) is 26.4. The monoisotopic (exact) mass is 1500 g/mol. The summed E-state index contributed by atoms with van der Waals surface area (Å²) in [5.41, 5.74) is 7.85. The minimum atomic E-state index is 0. The quantitative estimate of drug-likeness (QED) is 0.172. The molecule has 306 valence electrons. The van der Waals surface area contributed by atoms with Gasteiger partial charge in [-0.05, 0) is 43.8 Å². The average Bonchev–Trinajstić information content (AvgIpc) is 4.05. The molecule has 0 atom stereocenters.